The normalized spacial score (nSPS) is 11.9. The summed E-state index contributed by atoms with van der Waals surface area (Å²) in [4.78, 5) is 13.0. The molecule has 1 N–H and O–H groups in total. The summed E-state index contributed by atoms with van der Waals surface area (Å²) in [6.07, 6.45) is -1.78. The third-order valence-electron chi connectivity index (χ3n) is 4.80. The van der Waals surface area contributed by atoms with Crippen molar-refractivity contribution < 1.29 is 22.7 Å². The van der Waals surface area contributed by atoms with Gasteiger partial charge in [0.2, 0.25) is 0 Å². The third-order valence-corrected chi connectivity index (χ3v) is 4.80. The van der Waals surface area contributed by atoms with Crippen molar-refractivity contribution in [3.8, 4) is 11.3 Å². The maximum atomic E-state index is 13.3. The van der Waals surface area contributed by atoms with Crippen molar-refractivity contribution >= 4 is 5.52 Å². The molecule has 0 radical (unpaired) electrons. The third kappa shape index (κ3) is 3.48. The van der Waals surface area contributed by atoms with Crippen LogP contribution in [0.25, 0.3) is 16.8 Å². The molecule has 0 aliphatic heterocycles. The van der Waals surface area contributed by atoms with E-state index >= 15 is 0 Å². The molecule has 0 spiro atoms. The number of fused-ring (bicyclic) bond motifs is 1. The molecule has 9 heteroatoms. The van der Waals surface area contributed by atoms with Crippen LogP contribution in [0.4, 0.5) is 17.6 Å². The maximum Gasteiger partial charge on any atom is 0.416 e. The van der Waals surface area contributed by atoms with Gasteiger partial charge in [0.1, 0.15) is 11.3 Å². The lowest BCUT2D eigenvalue weighted by molar-refractivity contribution is -0.138. The number of hydrogen-bond acceptors (Lipinski definition) is 3. The highest BCUT2D eigenvalue weighted by atomic mass is 19.4. The number of nitrogens with zero attached hydrogens (tertiary/aromatic N) is 3. The van der Waals surface area contributed by atoms with E-state index in [2.05, 4.69) is 5.10 Å². The van der Waals surface area contributed by atoms with Gasteiger partial charge in [-0.25, -0.2) is 8.91 Å². The quantitative estimate of drug-likeness (QED) is 0.513. The van der Waals surface area contributed by atoms with Crippen LogP contribution in [0.5, 0.6) is 0 Å². The Morgan fingerprint density at radius 2 is 1.70 bits per heavy atom. The zero-order valence-corrected chi connectivity index (χ0v) is 15.4. The lowest BCUT2D eigenvalue weighted by atomic mass is 10.1. The van der Waals surface area contributed by atoms with Crippen molar-refractivity contribution in [3.63, 3.8) is 0 Å². The zero-order chi connectivity index (χ0) is 21.5. The molecule has 2 heterocycles. The summed E-state index contributed by atoms with van der Waals surface area (Å²) in [5.41, 5.74) is -0.422. The van der Waals surface area contributed by atoms with Gasteiger partial charge in [-0.3, -0.25) is 4.79 Å². The molecule has 4 rings (SSSR count). The predicted molar refractivity (Wildman–Crippen MR) is 101 cm³/mol. The molecule has 4 aromatic rings. The molecule has 0 amide bonds. The number of aliphatic hydroxyl groups excluding tert-OH is 1. The van der Waals surface area contributed by atoms with Crippen LogP contribution in [0, 0.1) is 5.82 Å². The zero-order valence-electron chi connectivity index (χ0n) is 15.4. The second-order valence-electron chi connectivity index (χ2n) is 6.67. The predicted octanol–water partition coefficient (Wildman–Crippen LogP) is 3.86. The minimum absolute atomic E-state index is 0.0452. The molecule has 0 saturated heterocycles. The molecule has 2 aromatic carbocycles. The fourth-order valence-electron chi connectivity index (χ4n) is 3.38. The van der Waals surface area contributed by atoms with Gasteiger partial charge in [0.15, 0.2) is 0 Å². The van der Waals surface area contributed by atoms with Crippen LogP contribution >= 0.6 is 0 Å². The van der Waals surface area contributed by atoms with Crippen molar-refractivity contribution in [3.05, 3.63) is 93.8 Å². The molecule has 0 bridgehead atoms. The van der Waals surface area contributed by atoms with Crippen LogP contribution in [-0.2, 0) is 19.3 Å². The largest absolute Gasteiger partial charge is 0.416 e. The summed E-state index contributed by atoms with van der Waals surface area (Å²) in [6.45, 7) is -0.818. The van der Waals surface area contributed by atoms with Crippen molar-refractivity contribution in [2.45, 2.75) is 19.3 Å². The number of alkyl halides is 3. The van der Waals surface area contributed by atoms with E-state index in [9.17, 15) is 27.5 Å². The fraction of sp³-hybridized carbons (Fsp3) is 0.143. The first-order valence-corrected chi connectivity index (χ1v) is 8.92. The first kappa shape index (κ1) is 19.8. The summed E-state index contributed by atoms with van der Waals surface area (Å²) in [5, 5.41) is 14.1. The summed E-state index contributed by atoms with van der Waals surface area (Å²) in [7, 11) is 0. The van der Waals surface area contributed by atoms with Crippen LogP contribution in [0.1, 0.15) is 16.7 Å². The van der Waals surface area contributed by atoms with E-state index in [1.54, 1.807) is 0 Å². The van der Waals surface area contributed by atoms with Crippen molar-refractivity contribution in [1.29, 1.82) is 0 Å². The molecule has 154 valence electrons. The van der Waals surface area contributed by atoms with Crippen LogP contribution in [0.3, 0.4) is 0 Å². The fourth-order valence-corrected chi connectivity index (χ4v) is 3.38. The Morgan fingerprint density at radius 1 is 1.00 bits per heavy atom. The Labute approximate surface area is 167 Å². The van der Waals surface area contributed by atoms with Gasteiger partial charge in [0, 0.05) is 23.5 Å². The summed E-state index contributed by atoms with van der Waals surface area (Å²) >= 11 is 0. The Hall–Kier alpha value is -3.46. The molecule has 5 nitrogen and oxygen atoms in total. The van der Waals surface area contributed by atoms with Crippen molar-refractivity contribution in [1.82, 2.24) is 14.2 Å². The molecule has 0 aliphatic carbocycles. The average Bonchev–Trinajstić information content (AvgIpc) is 3.09. The number of rotatable bonds is 4. The van der Waals surface area contributed by atoms with Gasteiger partial charge < -0.3 is 9.67 Å². The topological polar surface area (TPSA) is 59.5 Å². The van der Waals surface area contributed by atoms with E-state index in [-0.39, 0.29) is 23.2 Å². The smallest absolute Gasteiger partial charge is 0.392 e. The Morgan fingerprint density at radius 3 is 2.37 bits per heavy atom. The number of halogens is 4. The van der Waals surface area contributed by atoms with E-state index in [0.717, 1.165) is 10.6 Å². The molecule has 0 unspecified atom stereocenters. The summed E-state index contributed by atoms with van der Waals surface area (Å²) in [6, 6.07) is 10.4. The Balaban J connectivity index is 1.84. The minimum atomic E-state index is -4.55. The van der Waals surface area contributed by atoms with Gasteiger partial charge in [-0.15, -0.1) is 0 Å². The number of aliphatic hydroxyl groups is 1. The SMILES string of the molecule is O=c1c2c(CO)c(-c3ccc(F)cc3)nn2ccn1Cc1ccccc1C(F)(F)F. The van der Waals surface area contributed by atoms with E-state index in [1.807, 2.05) is 0 Å². The summed E-state index contributed by atoms with van der Waals surface area (Å²) in [5.74, 6) is -0.446. The van der Waals surface area contributed by atoms with Gasteiger partial charge >= 0.3 is 6.18 Å². The number of hydrogen-bond donors (Lipinski definition) is 1. The molecule has 30 heavy (non-hydrogen) atoms. The van der Waals surface area contributed by atoms with Gasteiger partial charge in [-0.1, -0.05) is 18.2 Å². The van der Waals surface area contributed by atoms with Crippen LogP contribution in [-0.4, -0.2) is 19.3 Å². The second kappa shape index (κ2) is 7.42. The van der Waals surface area contributed by atoms with Gasteiger partial charge in [-0.2, -0.15) is 18.3 Å². The molecular formula is C21H15F4N3O2. The summed E-state index contributed by atoms with van der Waals surface area (Å²) < 4.78 is 55.5. The van der Waals surface area contributed by atoms with Crippen molar-refractivity contribution in [2.75, 3.05) is 0 Å². The highest BCUT2D eigenvalue weighted by Gasteiger charge is 2.33. The number of benzene rings is 2. The van der Waals surface area contributed by atoms with Gasteiger partial charge in [-0.05, 0) is 35.9 Å². The van der Waals surface area contributed by atoms with Gasteiger partial charge in [0.25, 0.3) is 5.56 Å². The first-order chi connectivity index (χ1) is 14.3. The monoisotopic (exact) mass is 417 g/mol. The van der Waals surface area contributed by atoms with Crippen LogP contribution in [0.15, 0.2) is 65.7 Å². The highest BCUT2D eigenvalue weighted by Crippen LogP contribution is 2.32. The van der Waals surface area contributed by atoms with E-state index in [1.165, 1.54) is 59.4 Å². The second-order valence-corrected chi connectivity index (χ2v) is 6.67. The molecule has 2 aromatic heterocycles. The van der Waals surface area contributed by atoms with E-state index < -0.39 is 29.7 Å². The maximum absolute atomic E-state index is 13.3. The van der Waals surface area contributed by atoms with Crippen LogP contribution < -0.4 is 5.56 Å². The van der Waals surface area contributed by atoms with Crippen molar-refractivity contribution in [2.24, 2.45) is 0 Å². The standard InChI is InChI=1S/C21H15F4N3O2/c22-15-7-5-13(6-8-15)18-16(12-29)19-20(30)27(9-10-28(19)26-18)11-14-3-1-2-4-17(14)21(23,24)25/h1-10,29H,11-12H2. The molecular weight excluding hydrogens is 402 g/mol. The number of aromatic nitrogens is 3. The molecule has 0 saturated carbocycles. The minimum Gasteiger partial charge on any atom is -0.392 e. The van der Waals surface area contributed by atoms with Gasteiger partial charge in [0.05, 0.1) is 24.4 Å². The lowest BCUT2D eigenvalue weighted by Crippen LogP contribution is -2.24. The average molecular weight is 417 g/mol. The Kier molecular flexibility index (Phi) is 4.90. The first-order valence-electron chi connectivity index (χ1n) is 8.92. The lowest BCUT2D eigenvalue weighted by Gasteiger charge is -2.14. The molecule has 0 aliphatic rings. The van der Waals surface area contributed by atoms with Crippen LogP contribution in [0.2, 0.25) is 0 Å². The Bertz CT molecular complexity index is 1270. The highest BCUT2D eigenvalue weighted by molar-refractivity contribution is 5.72. The van der Waals surface area contributed by atoms with E-state index in [0.29, 0.717) is 11.3 Å². The molecule has 0 fully saturated rings. The van der Waals surface area contributed by atoms with E-state index in [4.69, 9.17) is 0 Å². The molecule has 0 atom stereocenters.